The summed E-state index contributed by atoms with van der Waals surface area (Å²) in [5, 5.41) is 3.87. The van der Waals surface area contributed by atoms with Gasteiger partial charge in [0.05, 0.1) is 0 Å². The number of para-hydroxylation sites is 1. The number of aromatic nitrogens is 1. The van der Waals surface area contributed by atoms with Crippen LogP contribution in [0.2, 0.25) is 0 Å². The number of hydrogen-bond donors (Lipinski definition) is 2. The molecule has 1 aromatic heterocycles. The average molecular weight is 534 g/mol. The first kappa shape index (κ1) is 28.8. The summed E-state index contributed by atoms with van der Waals surface area (Å²) in [5.41, 5.74) is 3.62. The Morgan fingerprint density at radius 3 is 2.49 bits per heavy atom. The number of fused-ring (bicyclic) bond motifs is 1. The number of nitrogens with zero attached hydrogens (tertiary/aromatic N) is 1. The average Bonchev–Trinajstić information content (AvgIpc) is 3.61. The lowest BCUT2D eigenvalue weighted by atomic mass is 9.85. The van der Waals surface area contributed by atoms with Crippen LogP contribution in [0, 0.1) is 30.5 Å². The molecule has 5 nitrogen and oxygen atoms in total. The molecule has 0 saturated heterocycles. The second-order valence-corrected chi connectivity index (χ2v) is 11.7. The zero-order valence-corrected chi connectivity index (χ0v) is 24.1. The van der Waals surface area contributed by atoms with Crippen molar-refractivity contribution < 1.29 is 14.0 Å². The van der Waals surface area contributed by atoms with Crippen molar-refractivity contribution in [2.45, 2.75) is 85.6 Å². The van der Waals surface area contributed by atoms with Gasteiger partial charge in [0.2, 0.25) is 5.91 Å². The summed E-state index contributed by atoms with van der Waals surface area (Å²) in [5.74, 6) is 0.539. The van der Waals surface area contributed by atoms with Gasteiger partial charge in [-0.1, -0.05) is 51.8 Å². The monoisotopic (exact) mass is 533 g/mol. The Labute approximate surface area is 232 Å². The van der Waals surface area contributed by atoms with Gasteiger partial charge in [0, 0.05) is 35.1 Å². The molecule has 3 aromatic rings. The van der Waals surface area contributed by atoms with Crippen LogP contribution < -0.4 is 5.32 Å². The highest BCUT2D eigenvalue weighted by Gasteiger charge is 2.30. The number of carbonyl (C=O) groups is 2. The molecule has 0 bridgehead atoms. The fourth-order valence-corrected chi connectivity index (χ4v) is 5.81. The van der Waals surface area contributed by atoms with Gasteiger partial charge in [-0.05, 0) is 93.2 Å². The summed E-state index contributed by atoms with van der Waals surface area (Å²) in [6, 6.07) is 12.8. The minimum atomic E-state index is -0.354. The van der Waals surface area contributed by atoms with Gasteiger partial charge in [0.15, 0.2) is 0 Å². The van der Waals surface area contributed by atoms with E-state index in [4.69, 9.17) is 0 Å². The van der Waals surface area contributed by atoms with Gasteiger partial charge in [0.25, 0.3) is 5.91 Å². The van der Waals surface area contributed by atoms with E-state index in [1.165, 1.54) is 6.07 Å². The molecule has 6 heteroatoms. The Hall–Kier alpha value is -3.15. The molecule has 0 spiro atoms. The summed E-state index contributed by atoms with van der Waals surface area (Å²) in [4.78, 5) is 31.5. The van der Waals surface area contributed by atoms with Crippen LogP contribution in [0.15, 0.2) is 42.5 Å². The Bertz CT molecular complexity index is 1260. The van der Waals surface area contributed by atoms with Crippen LogP contribution in [0.5, 0.6) is 0 Å². The van der Waals surface area contributed by atoms with Crippen molar-refractivity contribution in [2.24, 2.45) is 17.8 Å². The Morgan fingerprint density at radius 1 is 1.08 bits per heavy atom. The zero-order chi connectivity index (χ0) is 28.1. The van der Waals surface area contributed by atoms with E-state index in [0.717, 1.165) is 67.1 Å². The van der Waals surface area contributed by atoms with Crippen molar-refractivity contribution in [2.75, 3.05) is 11.9 Å². The van der Waals surface area contributed by atoms with Gasteiger partial charge in [-0.2, -0.15) is 0 Å². The Kier molecular flexibility index (Phi) is 9.47. The number of anilines is 1. The maximum absolute atomic E-state index is 14.7. The smallest absolute Gasteiger partial charge is 0.272 e. The highest BCUT2D eigenvalue weighted by Crippen LogP contribution is 2.30. The van der Waals surface area contributed by atoms with E-state index in [0.29, 0.717) is 35.5 Å². The predicted octanol–water partition coefficient (Wildman–Crippen LogP) is 7.89. The molecule has 210 valence electrons. The Morgan fingerprint density at radius 2 is 1.79 bits per heavy atom. The van der Waals surface area contributed by atoms with E-state index < -0.39 is 0 Å². The first-order valence-electron chi connectivity index (χ1n) is 14.7. The van der Waals surface area contributed by atoms with Crippen molar-refractivity contribution in [1.29, 1.82) is 0 Å². The molecule has 3 atom stereocenters. The van der Waals surface area contributed by atoms with Crippen LogP contribution in [0.25, 0.3) is 10.9 Å². The number of halogens is 1. The second kappa shape index (κ2) is 12.8. The maximum Gasteiger partial charge on any atom is 0.272 e. The number of hydrogen-bond acceptors (Lipinski definition) is 2. The summed E-state index contributed by atoms with van der Waals surface area (Å²) < 4.78 is 14.7. The van der Waals surface area contributed by atoms with Crippen LogP contribution >= 0.6 is 0 Å². The van der Waals surface area contributed by atoms with Crippen LogP contribution in [-0.4, -0.2) is 34.3 Å². The lowest BCUT2D eigenvalue weighted by Crippen LogP contribution is -2.42. The maximum atomic E-state index is 14.7. The van der Waals surface area contributed by atoms with Gasteiger partial charge in [0.1, 0.15) is 11.5 Å². The number of rotatable bonds is 11. The van der Waals surface area contributed by atoms with Crippen LogP contribution in [-0.2, 0) is 11.2 Å². The number of carbonyl (C=O) groups excluding carboxylic acids is 2. The highest BCUT2D eigenvalue weighted by atomic mass is 19.1. The molecule has 0 radical (unpaired) electrons. The van der Waals surface area contributed by atoms with E-state index in [-0.39, 0.29) is 23.7 Å². The van der Waals surface area contributed by atoms with E-state index in [2.05, 4.69) is 42.9 Å². The molecule has 1 heterocycles. The minimum Gasteiger partial charge on any atom is -0.351 e. The summed E-state index contributed by atoms with van der Waals surface area (Å²) in [6.45, 7) is 11.4. The van der Waals surface area contributed by atoms with Crippen molar-refractivity contribution >= 4 is 28.4 Å². The molecule has 4 rings (SSSR count). The largest absolute Gasteiger partial charge is 0.351 e. The topological polar surface area (TPSA) is 65.2 Å². The number of H-pyrrole nitrogens is 1. The molecule has 39 heavy (non-hydrogen) atoms. The molecular formula is C33H44FN3O2. The predicted molar refractivity (Wildman–Crippen MR) is 157 cm³/mol. The van der Waals surface area contributed by atoms with E-state index in [9.17, 15) is 14.0 Å². The third kappa shape index (κ3) is 6.90. The molecule has 1 saturated carbocycles. The lowest BCUT2D eigenvalue weighted by Gasteiger charge is -2.33. The number of amides is 2. The van der Waals surface area contributed by atoms with Crippen molar-refractivity contribution in [3.05, 3.63) is 65.1 Å². The van der Waals surface area contributed by atoms with Crippen LogP contribution in [0.4, 0.5) is 10.1 Å². The van der Waals surface area contributed by atoms with Crippen molar-refractivity contribution in [1.82, 2.24) is 9.88 Å². The summed E-state index contributed by atoms with van der Waals surface area (Å²) in [6.07, 6.45) is 6.95. The first-order valence-corrected chi connectivity index (χ1v) is 14.7. The normalized spacial score (nSPS) is 16.3. The number of benzene rings is 2. The van der Waals surface area contributed by atoms with Crippen molar-refractivity contribution in [3.63, 3.8) is 0 Å². The number of aromatic amines is 1. The molecule has 1 aliphatic rings. The molecule has 1 fully saturated rings. The second-order valence-electron chi connectivity index (χ2n) is 11.7. The van der Waals surface area contributed by atoms with Gasteiger partial charge < -0.3 is 15.2 Å². The van der Waals surface area contributed by atoms with E-state index >= 15 is 0 Å². The van der Waals surface area contributed by atoms with E-state index in [1.807, 2.05) is 37.3 Å². The zero-order valence-electron chi connectivity index (χ0n) is 24.1. The molecule has 0 aliphatic heterocycles. The van der Waals surface area contributed by atoms with Gasteiger partial charge in [-0.25, -0.2) is 4.39 Å². The Balaban J connectivity index is 1.40. The van der Waals surface area contributed by atoms with Crippen molar-refractivity contribution in [3.8, 4) is 0 Å². The third-order valence-corrected chi connectivity index (χ3v) is 8.95. The SMILES string of the molecule is CCC(C)N(CCC(C)C(C)Cc1cc(F)cc(NC(=O)c2cc3ccccc3[nH]2)c1C)C(=O)C1CCCC1. The third-order valence-electron chi connectivity index (χ3n) is 8.95. The standard InChI is InChI=1S/C33H44FN3O2/c1-6-23(4)37(33(39)25-11-7-8-12-25)16-15-21(2)22(3)17-27-18-28(34)20-30(24(27)5)36-32(38)31-19-26-13-9-10-14-29(26)35-31/h9-10,13-14,18-23,25,35H,6-8,11-12,15-17H2,1-5H3,(H,36,38). The first-order chi connectivity index (χ1) is 18.7. The fourth-order valence-electron chi connectivity index (χ4n) is 5.81. The molecule has 2 amide bonds. The van der Waals surface area contributed by atoms with E-state index in [1.54, 1.807) is 6.07 Å². The van der Waals surface area contributed by atoms with Crippen LogP contribution in [0.3, 0.4) is 0 Å². The minimum absolute atomic E-state index is 0.194. The summed E-state index contributed by atoms with van der Waals surface area (Å²) >= 11 is 0. The molecule has 3 unspecified atom stereocenters. The lowest BCUT2D eigenvalue weighted by molar-refractivity contribution is -0.137. The molecular weight excluding hydrogens is 489 g/mol. The molecule has 2 N–H and O–H groups in total. The highest BCUT2D eigenvalue weighted by molar-refractivity contribution is 6.06. The van der Waals surface area contributed by atoms with Gasteiger partial charge in [-0.15, -0.1) is 0 Å². The van der Waals surface area contributed by atoms with Gasteiger partial charge >= 0.3 is 0 Å². The number of nitrogens with one attached hydrogen (secondary N) is 2. The quantitative estimate of drug-likeness (QED) is 0.263. The molecule has 1 aliphatic carbocycles. The molecule has 2 aromatic carbocycles. The summed E-state index contributed by atoms with van der Waals surface area (Å²) in [7, 11) is 0. The van der Waals surface area contributed by atoms with Crippen LogP contribution in [0.1, 0.15) is 87.8 Å². The van der Waals surface area contributed by atoms with Gasteiger partial charge in [-0.3, -0.25) is 9.59 Å². The fraction of sp³-hybridized carbons (Fsp3) is 0.515.